The minimum absolute atomic E-state index is 0.222. The number of nitrogens with zero attached hydrogens (tertiary/aromatic N) is 1. The van der Waals surface area contributed by atoms with E-state index in [4.69, 9.17) is 14.2 Å². The molecule has 1 aromatic heterocycles. The fourth-order valence-electron chi connectivity index (χ4n) is 5.76. The number of imide groups is 1. The molecule has 4 aromatic rings. The number of nitrogens with one attached hydrogen (secondary N) is 2. The molecule has 2 aliphatic heterocycles. The standard InChI is InChI=1S/C34H31N3O8S2/c1-4-43-24-16-20(11-14-23(24)45-17-25(38)35-21-8-6-7-18(3)15-21)26-27-29(46-30-28(26)47-34(42)36-30)32(40)37(31(27)39)22-12-9-19(10-13-22)33(41)44-5-2/h6-16,26-27,29H,4-5,17H2,1-3H3,(H,35,38)(H,36,42). The summed E-state index contributed by atoms with van der Waals surface area (Å²) >= 11 is 2.17. The van der Waals surface area contributed by atoms with Crippen LogP contribution in [0.1, 0.15) is 46.1 Å². The molecule has 1 fully saturated rings. The average Bonchev–Trinajstić information content (AvgIpc) is 3.54. The Morgan fingerprint density at radius 1 is 0.915 bits per heavy atom. The number of H-pyrrole nitrogens is 1. The van der Waals surface area contributed by atoms with Crippen LogP contribution in [-0.4, -0.2) is 53.7 Å². The van der Waals surface area contributed by atoms with Crippen LogP contribution < -0.4 is 24.6 Å². The first-order valence-corrected chi connectivity index (χ1v) is 16.7. The maximum absolute atomic E-state index is 14.1. The van der Waals surface area contributed by atoms with Crippen LogP contribution in [0.3, 0.4) is 0 Å². The molecule has 6 rings (SSSR count). The second-order valence-corrected chi connectivity index (χ2v) is 13.0. The van der Waals surface area contributed by atoms with Gasteiger partial charge in [-0.3, -0.25) is 19.2 Å². The van der Waals surface area contributed by atoms with Crippen molar-refractivity contribution >= 4 is 58.2 Å². The zero-order chi connectivity index (χ0) is 33.2. The monoisotopic (exact) mass is 673 g/mol. The molecule has 3 amide bonds. The lowest BCUT2D eigenvalue weighted by Crippen LogP contribution is -2.32. The van der Waals surface area contributed by atoms with E-state index in [9.17, 15) is 24.0 Å². The number of carbonyl (C=O) groups excluding carboxylic acids is 4. The van der Waals surface area contributed by atoms with Gasteiger partial charge < -0.3 is 24.5 Å². The first kappa shape index (κ1) is 32.1. The lowest BCUT2D eigenvalue weighted by molar-refractivity contribution is -0.122. The Kier molecular flexibility index (Phi) is 9.19. The fourth-order valence-corrected chi connectivity index (χ4v) is 8.28. The third-order valence-electron chi connectivity index (χ3n) is 7.75. The molecule has 3 aromatic carbocycles. The molecule has 3 atom stereocenters. The number of ether oxygens (including phenoxy) is 3. The van der Waals surface area contributed by atoms with Gasteiger partial charge in [0.05, 0.1) is 35.4 Å². The first-order chi connectivity index (χ1) is 22.7. The summed E-state index contributed by atoms with van der Waals surface area (Å²) in [5.74, 6) is -2.45. The Balaban J connectivity index is 1.29. The van der Waals surface area contributed by atoms with E-state index in [-0.39, 0.29) is 24.0 Å². The SMILES string of the molecule is CCOC(=O)c1ccc(N2C(=O)C3Sc4[nH]c(=O)sc4C(c4ccc(OCC(=O)Nc5cccc(C)c5)c(OCC)c4)C3C2=O)cc1. The van der Waals surface area contributed by atoms with Crippen molar-refractivity contribution in [2.75, 3.05) is 30.0 Å². The highest BCUT2D eigenvalue weighted by atomic mass is 32.2. The largest absolute Gasteiger partial charge is 0.490 e. The molecule has 3 heterocycles. The van der Waals surface area contributed by atoms with Gasteiger partial charge in [0.2, 0.25) is 11.8 Å². The number of thioether (sulfide) groups is 1. The Labute approximate surface area is 278 Å². The van der Waals surface area contributed by atoms with Crippen molar-refractivity contribution in [2.45, 2.75) is 37.0 Å². The number of thiazole rings is 1. The number of carbonyl (C=O) groups is 4. The maximum atomic E-state index is 14.1. The van der Waals surface area contributed by atoms with Crippen molar-refractivity contribution in [3.63, 3.8) is 0 Å². The highest BCUT2D eigenvalue weighted by molar-refractivity contribution is 8.00. The van der Waals surface area contributed by atoms with E-state index in [1.54, 1.807) is 43.3 Å². The minimum atomic E-state index is -0.822. The van der Waals surface area contributed by atoms with Crippen molar-refractivity contribution < 1.29 is 33.4 Å². The molecule has 0 radical (unpaired) electrons. The Morgan fingerprint density at radius 2 is 1.70 bits per heavy atom. The second-order valence-electron chi connectivity index (χ2n) is 10.9. The van der Waals surface area contributed by atoms with Crippen LogP contribution in [-0.2, 0) is 19.1 Å². The number of aryl methyl sites for hydroxylation is 1. The number of aromatic nitrogens is 1. The molecule has 0 spiro atoms. The third kappa shape index (κ3) is 6.41. The number of hydrogen-bond acceptors (Lipinski definition) is 10. The smallest absolute Gasteiger partial charge is 0.338 e. The molecule has 0 saturated carbocycles. The van der Waals surface area contributed by atoms with Crippen molar-refractivity contribution in [3.05, 3.63) is 98.0 Å². The first-order valence-electron chi connectivity index (χ1n) is 15.0. The number of esters is 1. The van der Waals surface area contributed by atoms with Gasteiger partial charge in [-0.15, -0.1) is 0 Å². The molecule has 0 bridgehead atoms. The summed E-state index contributed by atoms with van der Waals surface area (Å²) in [4.78, 5) is 69.6. The van der Waals surface area contributed by atoms with Gasteiger partial charge in [-0.1, -0.05) is 41.3 Å². The molecule has 1 saturated heterocycles. The van der Waals surface area contributed by atoms with Crippen LogP contribution in [0, 0.1) is 12.8 Å². The van der Waals surface area contributed by atoms with Crippen LogP contribution >= 0.6 is 23.1 Å². The lowest BCUT2D eigenvalue weighted by atomic mass is 9.83. The van der Waals surface area contributed by atoms with Crippen LogP contribution in [0.2, 0.25) is 0 Å². The van der Waals surface area contributed by atoms with Gasteiger partial charge in [0.1, 0.15) is 5.25 Å². The number of aromatic amines is 1. The average molecular weight is 674 g/mol. The number of hydrogen-bond donors (Lipinski definition) is 2. The molecule has 13 heteroatoms. The van der Waals surface area contributed by atoms with Gasteiger partial charge in [-0.25, -0.2) is 9.69 Å². The highest BCUT2D eigenvalue weighted by Gasteiger charge is 2.56. The molecule has 242 valence electrons. The van der Waals surface area contributed by atoms with Gasteiger partial charge in [-0.2, -0.15) is 0 Å². The van der Waals surface area contributed by atoms with Crippen LogP contribution in [0.4, 0.5) is 11.4 Å². The van der Waals surface area contributed by atoms with E-state index < -0.39 is 34.9 Å². The summed E-state index contributed by atoms with van der Waals surface area (Å²) in [7, 11) is 0. The number of benzene rings is 3. The highest BCUT2D eigenvalue weighted by Crippen LogP contribution is 2.53. The topological polar surface area (TPSA) is 144 Å². The number of anilines is 2. The van der Waals surface area contributed by atoms with Gasteiger partial charge in [0, 0.05) is 16.5 Å². The summed E-state index contributed by atoms with van der Waals surface area (Å²) in [6.07, 6.45) is 0. The van der Waals surface area contributed by atoms with Crippen molar-refractivity contribution in [3.8, 4) is 11.5 Å². The van der Waals surface area contributed by atoms with E-state index >= 15 is 0 Å². The van der Waals surface area contributed by atoms with Crippen molar-refractivity contribution in [1.29, 1.82) is 0 Å². The van der Waals surface area contributed by atoms with E-state index in [0.29, 0.717) is 50.5 Å². The second kappa shape index (κ2) is 13.5. The van der Waals surface area contributed by atoms with Gasteiger partial charge in [0.25, 0.3) is 5.91 Å². The summed E-state index contributed by atoms with van der Waals surface area (Å²) < 4.78 is 16.8. The lowest BCUT2D eigenvalue weighted by Gasteiger charge is -2.30. The van der Waals surface area contributed by atoms with Crippen LogP contribution in [0.5, 0.6) is 11.5 Å². The van der Waals surface area contributed by atoms with Gasteiger partial charge in [0.15, 0.2) is 18.1 Å². The Bertz CT molecular complexity index is 1920. The number of rotatable bonds is 10. The van der Waals surface area contributed by atoms with Crippen molar-refractivity contribution in [1.82, 2.24) is 4.98 Å². The van der Waals surface area contributed by atoms with E-state index in [0.717, 1.165) is 21.8 Å². The zero-order valence-electron chi connectivity index (χ0n) is 25.7. The zero-order valence-corrected chi connectivity index (χ0v) is 27.4. The van der Waals surface area contributed by atoms with E-state index in [1.165, 1.54) is 23.9 Å². The molecule has 3 unspecified atom stereocenters. The maximum Gasteiger partial charge on any atom is 0.338 e. The minimum Gasteiger partial charge on any atom is -0.490 e. The normalized spacial score (nSPS) is 18.4. The summed E-state index contributed by atoms with van der Waals surface area (Å²) in [5, 5.41) is 2.55. The molecule has 2 N–H and O–H groups in total. The summed E-state index contributed by atoms with van der Waals surface area (Å²) in [5.41, 5.74) is 2.95. The molecular weight excluding hydrogens is 643 g/mol. The predicted molar refractivity (Wildman–Crippen MR) is 178 cm³/mol. The van der Waals surface area contributed by atoms with Gasteiger partial charge in [-0.05, 0) is 80.4 Å². The van der Waals surface area contributed by atoms with Crippen LogP contribution in [0.15, 0.2) is 76.6 Å². The summed E-state index contributed by atoms with van der Waals surface area (Å²) in [6, 6.07) is 18.7. The van der Waals surface area contributed by atoms with Crippen molar-refractivity contribution in [2.24, 2.45) is 5.92 Å². The fraction of sp³-hybridized carbons (Fsp3) is 0.265. The molecular formula is C34H31N3O8S2. The van der Waals surface area contributed by atoms with Crippen LogP contribution in [0.25, 0.3) is 0 Å². The van der Waals surface area contributed by atoms with E-state index in [1.807, 2.05) is 32.0 Å². The molecule has 2 aliphatic rings. The third-order valence-corrected chi connectivity index (χ3v) is 10.1. The Morgan fingerprint density at radius 3 is 2.43 bits per heavy atom. The number of fused-ring (bicyclic) bond motifs is 2. The van der Waals surface area contributed by atoms with Gasteiger partial charge >= 0.3 is 10.8 Å². The van der Waals surface area contributed by atoms with E-state index in [2.05, 4.69) is 10.3 Å². The number of amides is 3. The predicted octanol–water partition coefficient (Wildman–Crippen LogP) is 5.13. The molecule has 11 nitrogen and oxygen atoms in total. The summed E-state index contributed by atoms with van der Waals surface area (Å²) in [6.45, 7) is 5.71. The molecule has 0 aliphatic carbocycles. The Hall–Kier alpha value is -4.88. The molecule has 47 heavy (non-hydrogen) atoms. The quantitative estimate of drug-likeness (QED) is 0.173.